The van der Waals surface area contributed by atoms with Gasteiger partial charge in [-0.1, -0.05) is 30.1 Å². The molecule has 2 N–H and O–H groups in total. The van der Waals surface area contributed by atoms with Gasteiger partial charge in [0.2, 0.25) is 0 Å². The van der Waals surface area contributed by atoms with Crippen LogP contribution >= 0.6 is 35.6 Å². The van der Waals surface area contributed by atoms with E-state index >= 15 is 0 Å². The van der Waals surface area contributed by atoms with Crippen LogP contribution in [0.2, 0.25) is 0 Å². The van der Waals surface area contributed by atoms with Crippen LogP contribution in [0.3, 0.4) is 0 Å². The Balaban J connectivity index is 0.000000720. The number of rotatable bonds is 0. The normalized spacial score (nSPS) is 42.2. The third-order valence-electron chi connectivity index (χ3n) is 2.52. The molecule has 3 atom stereocenters. The van der Waals surface area contributed by atoms with Gasteiger partial charge in [0.1, 0.15) is 4.33 Å². The van der Waals surface area contributed by atoms with Gasteiger partial charge in [0.05, 0.1) is 11.9 Å². The maximum Gasteiger partial charge on any atom is 0.146 e. The van der Waals surface area contributed by atoms with Gasteiger partial charge in [-0.25, -0.2) is 0 Å². The molecule has 12 heavy (non-hydrogen) atoms. The summed E-state index contributed by atoms with van der Waals surface area (Å²) in [6.45, 7) is 2.12. The van der Waals surface area contributed by atoms with Crippen molar-refractivity contribution in [3.8, 4) is 0 Å². The van der Waals surface area contributed by atoms with E-state index in [0.717, 1.165) is 6.42 Å². The van der Waals surface area contributed by atoms with Crippen LogP contribution < -0.4 is 5.73 Å². The van der Waals surface area contributed by atoms with E-state index in [1.807, 2.05) is 0 Å². The number of nitrogens with two attached hydrogens (primary N) is 1. The van der Waals surface area contributed by atoms with Gasteiger partial charge in [0, 0.05) is 12.3 Å². The Morgan fingerprint density at radius 1 is 1.58 bits per heavy atom. The summed E-state index contributed by atoms with van der Waals surface area (Å²) in [4.78, 5) is 4.19. The molecule has 0 aromatic carbocycles. The number of amidine groups is 1. The Morgan fingerprint density at radius 2 is 2.17 bits per heavy atom. The summed E-state index contributed by atoms with van der Waals surface area (Å²) >= 11 is 12.0. The minimum Gasteiger partial charge on any atom is -0.387 e. The minimum atomic E-state index is -0.624. The smallest absolute Gasteiger partial charge is 0.146 e. The standard InChI is InChI=1S/C7H10Cl2N2.ClH/c1-3-2-4(10)11-6-5(3)7(6,8)9;/h3,5-6H,2H2,1H3,(H2,10,11);1H/t3-,5+,6-;/m1./s1. The molecule has 2 nitrogen and oxygen atoms in total. The Kier molecular flexibility index (Phi) is 2.54. The largest absolute Gasteiger partial charge is 0.387 e. The molecule has 2 aliphatic rings. The third-order valence-corrected chi connectivity index (χ3v) is 3.47. The Morgan fingerprint density at radius 3 is 2.67 bits per heavy atom. The van der Waals surface area contributed by atoms with Crippen molar-refractivity contribution < 1.29 is 0 Å². The second kappa shape index (κ2) is 2.93. The summed E-state index contributed by atoms with van der Waals surface area (Å²) in [5.74, 6) is 1.51. The molecule has 2 rings (SSSR count). The highest BCUT2D eigenvalue weighted by atomic mass is 35.5. The zero-order valence-electron chi connectivity index (χ0n) is 6.63. The summed E-state index contributed by atoms with van der Waals surface area (Å²) in [6, 6.07) is 0.0644. The fourth-order valence-corrected chi connectivity index (χ4v) is 2.79. The molecule has 0 unspecified atom stereocenters. The molecule has 1 aliphatic heterocycles. The van der Waals surface area contributed by atoms with Crippen LogP contribution in [0.15, 0.2) is 4.99 Å². The summed E-state index contributed by atoms with van der Waals surface area (Å²) in [5.41, 5.74) is 5.60. The second-order valence-electron chi connectivity index (χ2n) is 3.45. The van der Waals surface area contributed by atoms with Crippen molar-refractivity contribution in [3.63, 3.8) is 0 Å². The molecule has 0 radical (unpaired) electrons. The lowest BCUT2D eigenvalue weighted by Gasteiger charge is -2.13. The predicted molar refractivity (Wildman–Crippen MR) is 54.4 cm³/mol. The van der Waals surface area contributed by atoms with Gasteiger partial charge in [0.15, 0.2) is 0 Å². The molecule has 1 heterocycles. The molecule has 1 aliphatic carbocycles. The fourth-order valence-electron chi connectivity index (χ4n) is 1.88. The van der Waals surface area contributed by atoms with Gasteiger partial charge < -0.3 is 5.73 Å². The van der Waals surface area contributed by atoms with Crippen molar-refractivity contribution in [1.29, 1.82) is 0 Å². The summed E-state index contributed by atoms with van der Waals surface area (Å²) < 4.78 is -0.624. The van der Waals surface area contributed by atoms with E-state index in [2.05, 4.69) is 11.9 Å². The molecule has 0 bridgehead atoms. The van der Waals surface area contributed by atoms with Crippen molar-refractivity contribution >= 4 is 41.4 Å². The first-order valence-electron chi connectivity index (χ1n) is 3.73. The second-order valence-corrected chi connectivity index (χ2v) is 4.89. The monoisotopic (exact) mass is 228 g/mol. The lowest BCUT2D eigenvalue weighted by Crippen LogP contribution is -2.22. The number of halogens is 3. The van der Waals surface area contributed by atoms with Crippen molar-refractivity contribution in [3.05, 3.63) is 0 Å². The quantitative estimate of drug-likeness (QED) is 0.634. The van der Waals surface area contributed by atoms with Crippen molar-refractivity contribution in [2.75, 3.05) is 0 Å². The number of hydrogen-bond acceptors (Lipinski definition) is 2. The molecule has 1 saturated carbocycles. The summed E-state index contributed by atoms with van der Waals surface area (Å²) in [5, 5.41) is 0. The van der Waals surface area contributed by atoms with E-state index < -0.39 is 4.33 Å². The molecule has 0 saturated heterocycles. The number of aliphatic imine (C=N–C) groups is 1. The summed E-state index contributed by atoms with van der Waals surface area (Å²) in [7, 11) is 0. The molecule has 0 aromatic heterocycles. The first kappa shape index (κ1) is 10.4. The Labute approximate surface area is 87.9 Å². The van der Waals surface area contributed by atoms with Crippen LogP contribution in [0, 0.1) is 11.8 Å². The van der Waals surface area contributed by atoms with Gasteiger partial charge in [-0.15, -0.1) is 12.4 Å². The zero-order valence-corrected chi connectivity index (χ0v) is 8.96. The number of alkyl halides is 2. The van der Waals surface area contributed by atoms with Crippen molar-refractivity contribution in [2.24, 2.45) is 22.6 Å². The third kappa shape index (κ3) is 1.30. The van der Waals surface area contributed by atoms with Crippen molar-refractivity contribution in [1.82, 2.24) is 0 Å². The average molecular weight is 230 g/mol. The summed E-state index contributed by atoms with van der Waals surface area (Å²) in [6.07, 6.45) is 0.836. The van der Waals surface area contributed by atoms with Gasteiger partial charge in [-0.3, -0.25) is 4.99 Å². The van der Waals surface area contributed by atoms with Gasteiger partial charge in [0.25, 0.3) is 0 Å². The van der Waals surface area contributed by atoms with Gasteiger partial charge >= 0.3 is 0 Å². The van der Waals surface area contributed by atoms with Crippen LogP contribution in [0.25, 0.3) is 0 Å². The van der Waals surface area contributed by atoms with E-state index in [9.17, 15) is 0 Å². The highest BCUT2D eigenvalue weighted by molar-refractivity contribution is 6.52. The first-order valence-corrected chi connectivity index (χ1v) is 4.49. The zero-order chi connectivity index (χ0) is 8.22. The lowest BCUT2D eigenvalue weighted by atomic mass is 9.99. The highest BCUT2D eigenvalue weighted by Gasteiger charge is 2.67. The fraction of sp³-hybridized carbons (Fsp3) is 0.857. The van der Waals surface area contributed by atoms with E-state index in [4.69, 9.17) is 28.9 Å². The molecular formula is C7H11Cl3N2. The molecule has 1 fully saturated rings. The van der Waals surface area contributed by atoms with Crippen LogP contribution in [-0.2, 0) is 0 Å². The lowest BCUT2D eigenvalue weighted by molar-refractivity contribution is 0.495. The highest BCUT2D eigenvalue weighted by Crippen LogP contribution is 2.61. The van der Waals surface area contributed by atoms with E-state index in [-0.39, 0.29) is 18.4 Å². The van der Waals surface area contributed by atoms with Crippen LogP contribution in [-0.4, -0.2) is 16.2 Å². The van der Waals surface area contributed by atoms with E-state index in [0.29, 0.717) is 17.7 Å². The van der Waals surface area contributed by atoms with Gasteiger partial charge in [-0.2, -0.15) is 0 Å². The maximum atomic E-state index is 5.98. The molecule has 70 valence electrons. The van der Waals surface area contributed by atoms with Crippen LogP contribution in [0.1, 0.15) is 13.3 Å². The minimum absolute atomic E-state index is 0. The first-order chi connectivity index (χ1) is 5.03. The van der Waals surface area contributed by atoms with Crippen LogP contribution in [0.4, 0.5) is 0 Å². The Hall–Kier alpha value is 0.340. The van der Waals surface area contributed by atoms with Gasteiger partial charge in [-0.05, 0) is 5.92 Å². The SMILES string of the molecule is C[C@@H]1CC(N)=N[C@@H]2[C@H]1C2(Cl)Cl.Cl. The molecular weight excluding hydrogens is 218 g/mol. The number of fused-ring (bicyclic) bond motifs is 1. The van der Waals surface area contributed by atoms with Crippen molar-refractivity contribution in [2.45, 2.75) is 23.7 Å². The molecule has 0 amide bonds. The van der Waals surface area contributed by atoms with Crippen LogP contribution in [0.5, 0.6) is 0 Å². The van der Waals surface area contributed by atoms with E-state index in [1.165, 1.54) is 0 Å². The molecule has 0 spiro atoms. The molecule has 5 heteroatoms. The Bertz CT molecular complexity index is 227. The number of nitrogens with zero attached hydrogens (tertiary/aromatic N) is 1. The predicted octanol–water partition coefficient (Wildman–Crippen LogP) is 1.98. The maximum absolute atomic E-state index is 5.98. The average Bonchev–Trinajstić information content (AvgIpc) is 2.34. The van der Waals surface area contributed by atoms with E-state index in [1.54, 1.807) is 0 Å². The molecule has 0 aromatic rings. The number of hydrogen-bond donors (Lipinski definition) is 1. The topological polar surface area (TPSA) is 38.4 Å².